The number of amides is 1. The first-order chi connectivity index (χ1) is 8.89. The first-order valence-corrected chi connectivity index (χ1v) is 6.43. The van der Waals surface area contributed by atoms with E-state index in [0.29, 0.717) is 0 Å². The van der Waals surface area contributed by atoms with Crippen molar-refractivity contribution in [2.24, 2.45) is 5.73 Å². The van der Waals surface area contributed by atoms with Gasteiger partial charge in [0.05, 0.1) is 6.04 Å². The van der Waals surface area contributed by atoms with Crippen molar-refractivity contribution in [3.05, 3.63) is 35.4 Å². The molecule has 0 heterocycles. The molecule has 1 unspecified atom stereocenters. The third kappa shape index (κ3) is 3.29. The van der Waals surface area contributed by atoms with Crippen LogP contribution in [0.4, 0.5) is 8.78 Å². The maximum Gasteiger partial charge on any atom is 0.222 e. The van der Waals surface area contributed by atoms with Crippen molar-refractivity contribution in [2.45, 2.75) is 44.2 Å². The molecule has 1 atom stereocenters. The van der Waals surface area contributed by atoms with Crippen LogP contribution in [0.1, 0.15) is 44.2 Å². The number of halogens is 2. The molecule has 3 N–H and O–H groups in total. The molecular weight excluding hydrogens is 250 g/mol. The van der Waals surface area contributed by atoms with E-state index in [1.54, 1.807) is 6.92 Å². The van der Waals surface area contributed by atoms with Crippen molar-refractivity contribution in [1.29, 1.82) is 0 Å². The average molecular weight is 268 g/mol. The average Bonchev–Trinajstić information content (AvgIpc) is 2.30. The summed E-state index contributed by atoms with van der Waals surface area (Å²) in [4.78, 5) is 11.8. The normalized spacial score (nSPS) is 18.5. The lowest BCUT2D eigenvalue weighted by molar-refractivity contribution is -0.123. The number of hydrogen-bond acceptors (Lipinski definition) is 2. The van der Waals surface area contributed by atoms with E-state index in [2.05, 4.69) is 5.32 Å². The monoisotopic (exact) mass is 268 g/mol. The predicted molar refractivity (Wildman–Crippen MR) is 68.3 cm³/mol. The van der Waals surface area contributed by atoms with Crippen molar-refractivity contribution >= 4 is 5.91 Å². The van der Waals surface area contributed by atoms with Gasteiger partial charge in [-0.05, 0) is 44.4 Å². The van der Waals surface area contributed by atoms with Crippen LogP contribution in [0.2, 0.25) is 0 Å². The van der Waals surface area contributed by atoms with Gasteiger partial charge in [-0.25, -0.2) is 8.78 Å². The summed E-state index contributed by atoms with van der Waals surface area (Å²) in [7, 11) is 0. The Bertz CT molecular complexity index is 486. The smallest absolute Gasteiger partial charge is 0.222 e. The first-order valence-electron chi connectivity index (χ1n) is 6.43. The zero-order chi connectivity index (χ0) is 14.0. The van der Waals surface area contributed by atoms with Crippen molar-refractivity contribution in [1.82, 2.24) is 5.32 Å². The van der Waals surface area contributed by atoms with E-state index in [-0.39, 0.29) is 17.9 Å². The highest BCUT2D eigenvalue weighted by atomic mass is 19.1. The van der Waals surface area contributed by atoms with Crippen molar-refractivity contribution < 1.29 is 13.6 Å². The molecule has 0 bridgehead atoms. The number of nitrogens with one attached hydrogen (secondary N) is 1. The molecule has 19 heavy (non-hydrogen) atoms. The van der Waals surface area contributed by atoms with Crippen LogP contribution in [0.3, 0.4) is 0 Å². The molecule has 1 aliphatic carbocycles. The number of rotatable bonds is 4. The van der Waals surface area contributed by atoms with Crippen LogP contribution in [0, 0.1) is 11.6 Å². The van der Waals surface area contributed by atoms with Crippen LogP contribution < -0.4 is 11.1 Å². The summed E-state index contributed by atoms with van der Waals surface area (Å²) in [6, 6.07) is 2.63. The van der Waals surface area contributed by atoms with Gasteiger partial charge in [0.2, 0.25) is 5.91 Å². The second-order valence-corrected chi connectivity index (χ2v) is 5.35. The van der Waals surface area contributed by atoms with Crippen molar-refractivity contribution in [3.8, 4) is 0 Å². The molecule has 0 saturated heterocycles. The zero-order valence-electron chi connectivity index (χ0n) is 10.9. The van der Waals surface area contributed by atoms with E-state index in [9.17, 15) is 13.6 Å². The summed E-state index contributed by atoms with van der Waals surface area (Å²) in [5, 5.41) is 2.66. The Labute approximate surface area is 111 Å². The highest BCUT2D eigenvalue weighted by molar-refractivity contribution is 5.77. The first kappa shape index (κ1) is 13.9. The van der Waals surface area contributed by atoms with Crippen LogP contribution in [0.25, 0.3) is 0 Å². The molecule has 1 aromatic rings. The van der Waals surface area contributed by atoms with E-state index >= 15 is 0 Å². The molecule has 0 aliphatic heterocycles. The summed E-state index contributed by atoms with van der Waals surface area (Å²) >= 11 is 0. The standard InChI is InChI=1S/C14H18F2N2O/c1-9(11-7-10(15)3-4-12(11)16)18-13(19)8-14(17)5-2-6-14/h3-4,7,9H,2,5-6,8,17H2,1H3,(H,18,19). The van der Waals surface area contributed by atoms with Gasteiger partial charge < -0.3 is 11.1 Å². The topological polar surface area (TPSA) is 55.1 Å². The number of carbonyl (C=O) groups excluding carboxylic acids is 1. The molecule has 1 amide bonds. The quantitative estimate of drug-likeness (QED) is 0.881. The lowest BCUT2D eigenvalue weighted by atomic mass is 9.75. The zero-order valence-corrected chi connectivity index (χ0v) is 10.9. The highest BCUT2D eigenvalue weighted by Crippen LogP contribution is 2.32. The lowest BCUT2D eigenvalue weighted by Gasteiger charge is -2.37. The maximum absolute atomic E-state index is 13.5. The molecule has 2 rings (SSSR count). The second kappa shape index (κ2) is 5.25. The summed E-state index contributed by atoms with van der Waals surface area (Å²) in [6.45, 7) is 1.62. The fourth-order valence-electron chi connectivity index (χ4n) is 2.34. The maximum atomic E-state index is 13.5. The Kier molecular flexibility index (Phi) is 3.85. The molecule has 0 spiro atoms. The fourth-order valence-corrected chi connectivity index (χ4v) is 2.34. The summed E-state index contributed by atoms with van der Waals surface area (Å²) < 4.78 is 26.6. The Balaban J connectivity index is 1.98. The number of benzene rings is 1. The molecule has 1 aliphatic rings. The van der Waals surface area contributed by atoms with E-state index in [0.717, 1.165) is 37.5 Å². The van der Waals surface area contributed by atoms with Crippen LogP contribution in [-0.2, 0) is 4.79 Å². The van der Waals surface area contributed by atoms with Crippen LogP contribution in [0.5, 0.6) is 0 Å². The Morgan fingerprint density at radius 2 is 2.16 bits per heavy atom. The van der Waals surface area contributed by atoms with Crippen LogP contribution in [0.15, 0.2) is 18.2 Å². The predicted octanol–water partition coefficient (Wildman–Crippen LogP) is 2.41. The molecule has 1 aromatic carbocycles. The molecule has 5 heteroatoms. The minimum Gasteiger partial charge on any atom is -0.349 e. The Morgan fingerprint density at radius 1 is 1.47 bits per heavy atom. The largest absolute Gasteiger partial charge is 0.349 e. The van der Waals surface area contributed by atoms with Gasteiger partial charge in [-0.15, -0.1) is 0 Å². The number of hydrogen-bond donors (Lipinski definition) is 2. The highest BCUT2D eigenvalue weighted by Gasteiger charge is 2.34. The van der Waals surface area contributed by atoms with Gasteiger partial charge in [-0.2, -0.15) is 0 Å². The Morgan fingerprint density at radius 3 is 2.74 bits per heavy atom. The van der Waals surface area contributed by atoms with E-state index < -0.39 is 23.2 Å². The molecule has 104 valence electrons. The SMILES string of the molecule is CC(NC(=O)CC1(N)CCC1)c1cc(F)ccc1F. The van der Waals surface area contributed by atoms with Gasteiger partial charge in [-0.3, -0.25) is 4.79 Å². The summed E-state index contributed by atoms with van der Waals surface area (Å²) in [5.74, 6) is -1.27. The molecule has 1 saturated carbocycles. The van der Waals surface area contributed by atoms with Crippen molar-refractivity contribution in [2.75, 3.05) is 0 Å². The Hall–Kier alpha value is -1.49. The van der Waals surface area contributed by atoms with Crippen molar-refractivity contribution in [3.63, 3.8) is 0 Å². The number of carbonyl (C=O) groups is 1. The fraction of sp³-hybridized carbons (Fsp3) is 0.500. The third-order valence-corrected chi connectivity index (χ3v) is 3.66. The van der Waals surface area contributed by atoms with Gasteiger partial charge in [0.25, 0.3) is 0 Å². The minimum absolute atomic E-state index is 0.146. The van der Waals surface area contributed by atoms with Gasteiger partial charge in [0, 0.05) is 17.5 Å². The lowest BCUT2D eigenvalue weighted by Crippen LogP contribution is -2.50. The van der Waals surface area contributed by atoms with Gasteiger partial charge in [0.1, 0.15) is 11.6 Å². The van der Waals surface area contributed by atoms with E-state index in [1.165, 1.54) is 0 Å². The summed E-state index contributed by atoms with van der Waals surface area (Å²) in [5.41, 5.74) is 5.71. The second-order valence-electron chi connectivity index (χ2n) is 5.35. The molecule has 0 radical (unpaired) electrons. The summed E-state index contributed by atoms with van der Waals surface area (Å²) in [6.07, 6.45) is 2.94. The van der Waals surface area contributed by atoms with Crippen LogP contribution >= 0.6 is 0 Å². The third-order valence-electron chi connectivity index (χ3n) is 3.66. The van der Waals surface area contributed by atoms with Crippen LogP contribution in [-0.4, -0.2) is 11.4 Å². The molecule has 1 fully saturated rings. The van der Waals surface area contributed by atoms with E-state index in [1.807, 2.05) is 0 Å². The van der Waals surface area contributed by atoms with Gasteiger partial charge >= 0.3 is 0 Å². The van der Waals surface area contributed by atoms with Gasteiger partial charge in [-0.1, -0.05) is 0 Å². The molecular formula is C14H18F2N2O. The molecule has 3 nitrogen and oxygen atoms in total. The van der Waals surface area contributed by atoms with E-state index in [4.69, 9.17) is 5.73 Å². The molecule has 0 aromatic heterocycles. The number of nitrogens with two attached hydrogens (primary N) is 1. The minimum atomic E-state index is -0.577. The van der Waals surface area contributed by atoms with Gasteiger partial charge in [0.15, 0.2) is 0 Å².